The molecule has 1 unspecified atom stereocenters. The Morgan fingerprint density at radius 1 is 1.35 bits per heavy atom. The molecule has 4 nitrogen and oxygen atoms in total. The molecule has 0 radical (unpaired) electrons. The van der Waals surface area contributed by atoms with E-state index in [-0.39, 0.29) is 12.6 Å². The van der Waals surface area contributed by atoms with Crippen LogP contribution in [0.4, 0.5) is 4.79 Å². The first kappa shape index (κ1) is 16.9. The number of carbonyl (C=O) groups is 1. The van der Waals surface area contributed by atoms with Crippen LogP contribution in [0.3, 0.4) is 0 Å². The van der Waals surface area contributed by atoms with Crippen molar-refractivity contribution < 1.29 is 9.90 Å². The standard InChI is InChI=1S/C15H24N2O2S/c1-12-6-4-5-7-13(12)8-9-16-14(18)17-10-15(2,19)11-20-3/h4-7,19H,8-11H2,1-3H3,(H2,16,17,18). The Hall–Kier alpha value is -1.20. The number of rotatable bonds is 7. The molecule has 0 heterocycles. The number of aliphatic hydroxyl groups is 1. The quantitative estimate of drug-likeness (QED) is 0.721. The summed E-state index contributed by atoms with van der Waals surface area (Å²) in [5, 5.41) is 15.4. The zero-order valence-electron chi connectivity index (χ0n) is 12.4. The molecule has 3 N–H and O–H groups in total. The zero-order valence-corrected chi connectivity index (χ0v) is 13.2. The van der Waals surface area contributed by atoms with E-state index in [0.29, 0.717) is 12.3 Å². The van der Waals surface area contributed by atoms with Crippen molar-refractivity contribution in [1.82, 2.24) is 10.6 Å². The molecule has 0 bridgehead atoms. The van der Waals surface area contributed by atoms with Crippen LogP contribution >= 0.6 is 11.8 Å². The van der Waals surface area contributed by atoms with Crippen LogP contribution < -0.4 is 10.6 Å². The highest BCUT2D eigenvalue weighted by atomic mass is 32.2. The third-order valence-corrected chi connectivity index (χ3v) is 3.94. The van der Waals surface area contributed by atoms with Gasteiger partial charge in [-0.05, 0) is 37.7 Å². The van der Waals surface area contributed by atoms with Gasteiger partial charge in [0.2, 0.25) is 0 Å². The summed E-state index contributed by atoms with van der Waals surface area (Å²) in [5.74, 6) is 0.594. The van der Waals surface area contributed by atoms with Crippen LogP contribution in [0.2, 0.25) is 0 Å². The lowest BCUT2D eigenvalue weighted by atomic mass is 10.1. The number of nitrogens with one attached hydrogen (secondary N) is 2. The Morgan fingerprint density at radius 2 is 2.05 bits per heavy atom. The molecule has 2 amide bonds. The van der Waals surface area contributed by atoms with Crippen LogP contribution in [0.1, 0.15) is 18.1 Å². The summed E-state index contributed by atoms with van der Waals surface area (Å²) < 4.78 is 0. The van der Waals surface area contributed by atoms with Gasteiger partial charge in [0.15, 0.2) is 0 Å². The molecular weight excluding hydrogens is 272 g/mol. The average Bonchev–Trinajstić information content (AvgIpc) is 2.39. The number of hydrogen-bond donors (Lipinski definition) is 3. The Bertz CT molecular complexity index is 436. The van der Waals surface area contributed by atoms with Gasteiger partial charge < -0.3 is 15.7 Å². The van der Waals surface area contributed by atoms with Crippen LogP contribution in [0.25, 0.3) is 0 Å². The van der Waals surface area contributed by atoms with Gasteiger partial charge in [0.1, 0.15) is 0 Å². The Labute approximate surface area is 125 Å². The number of benzene rings is 1. The number of amides is 2. The molecular formula is C15H24N2O2S. The monoisotopic (exact) mass is 296 g/mol. The van der Waals surface area contributed by atoms with E-state index >= 15 is 0 Å². The molecule has 112 valence electrons. The van der Waals surface area contributed by atoms with Gasteiger partial charge in [-0.25, -0.2) is 4.79 Å². The number of thioether (sulfide) groups is 1. The highest BCUT2D eigenvalue weighted by Gasteiger charge is 2.20. The minimum absolute atomic E-state index is 0.236. The van der Waals surface area contributed by atoms with Crippen molar-refractivity contribution >= 4 is 17.8 Å². The molecule has 1 aromatic rings. The van der Waals surface area contributed by atoms with Crippen LogP contribution in [0.5, 0.6) is 0 Å². The topological polar surface area (TPSA) is 61.4 Å². The van der Waals surface area contributed by atoms with E-state index in [1.807, 2.05) is 18.4 Å². The highest BCUT2D eigenvalue weighted by Crippen LogP contribution is 2.09. The van der Waals surface area contributed by atoms with Gasteiger partial charge in [0.25, 0.3) is 0 Å². The maximum Gasteiger partial charge on any atom is 0.314 e. The predicted octanol–water partition coefficient (Wildman–Crippen LogP) is 1.95. The number of carbonyl (C=O) groups excluding carboxylic acids is 1. The second-order valence-corrected chi connectivity index (χ2v) is 6.08. The third kappa shape index (κ3) is 6.30. The summed E-state index contributed by atoms with van der Waals surface area (Å²) in [7, 11) is 0. The van der Waals surface area contributed by atoms with Gasteiger partial charge in [-0.1, -0.05) is 24.3 Å². The van der Waals surface area contributed by atoms with E-state index in [1.54, 1.807) is 18.7 Å². The molecule has 1 rings (SSSR count). The molecule has 0 fully saturated rings. The van der Waals surface area contributed by atoms with E-state index in [9.17, 15) is 9.90 Å². The maximum absolute atomic E-state index is 11.6. The first-order valence-corrected chi connectivity index (χ1v) is 8.11. The largest absolute Gasteiger partial charge is 0.387 e. The molecule has 0 aliphatic heterocycles. The predicted molar refractivity (Wildman–Crippen MR) is 85.3 cm³/mol. The third-order valence-electron chi connectivity index (χ3n) is 3.03. The maximum atomic E-state index is 11.6. The highest BCUT2D eigenvalue weighted by molar-refractivity contribution is 7.98. The lowest BCUT2D eigenvalue weighted by molar-refractivity contribution is 0.0869. The fourth-order valence-corrected chi connectivity index (χ4v) is 2.62. The van der Waals surface area contributed by atoms with Gasteiger partial charge in [0, 0.05) is 18.8 Å². The minimum atomic E-state index is -0.868. The first-order chi connectivity index (χ1) is 9.44. The first-order valence-electron chi connectivity index (χ1n) is 6.72. The van der Waals surface area contributed by atoms with Crippen molar-refractivity contribution in [1.29, 1.82) is 0 Å². The van der Waals surface area contributed by atoms with E-state index in [0.717, 1.165) is 6.42 Å². The molecule has 1 atom stereocenters. The molecule has 0 aliphatic carbocycles. The molecule has 0 saturated heterocycles. The summed E-state index contributed by atoms with van der Waals surface area (Å²) in [6, 6.07) is 7.90. The van der Waals surface area contributed by atoms with E-state index in [4.69, 9.17) is 0 Å². The lowest BCUT2D eigenvalue weighted by Gasteiger charge is -2.22. The number of hydrogen-bond acceptors (Lipinski definition) is 3. The molecule has 0 saturated carbocycles. The summed E-state index contributed by atoms with van der Waals surface area (Å²) in [6.45, 7) is 4.62. The van der Waals surface area contributed by atoms with Crippen molar-refractivity contribution in [3.63, 3.8) is 0 Å². The normalized spacial score (nSPS) is 13.6. The number of urea groups is 1. The molecule has 5 heteroatoms. The van der Waals surface area contributed by atoms with E-state index in [1.165, 1.54) is 11.1 Å². The zero-order chi connectivity index (χ0) is 15.0. The summed E-state index contributed by atoms with van der Waals surface area (Å²) in [4.78, 5) is 11.6. The Kier molecular flexibility index (Phi) is 6.88. The molecule has 20 heavy (non-hydrogen) atoms. The fraction of sp³-hybridized carbons (Fsp3) is 0.533. The van der Waals surface area contributed by atoms with E-state index in [2.05, 4.69) is 29.7 Å². The lowest BCUT2D eigenvalue weighted by Crippen LogP contribution is -2.46. The number of aryl methyl sites for hydroxylation is 1. The van der Waals surface area contributed by atoms with Crippen LogP contribution in [0.15, 0.2) is 24.3 Å². The van der Waals surface area contributed by atoms with Crippen LogP contribution in [0, 0.1) is 6.92 Å². The van der Waals surface area contributed by atoms with Crippen molar-refractivity contribution in [2.45, 2.75) is 25.9 Å². The second-order valence-electron chi connectivity index (χ2n) is 5.22. The molecule has 1 aromatic carbocycles. The van der Waals surface area contributed by atoms with Crippen molar-refractivity contribution in [3.8, 4) is 0 Å². The van der Waals surface area contributed by atoms with Gasteiger partial charge in [-0.15, -0.1) is 0 Å². The van der Waals surface area contributed by atoms with Gasteiger partial charge in [-0.3, -0.25) is 0 Å². The summed E-state index contributed by atoms with van der Waals surface area (Å²) in [5.41, 5.74) is 1.60. The average molecular weight is 296 g/mol. The van der Waals surface area contributed by atoms with Gasteiger partial charge >= 0.3 is 6.03 Å². The minimum Gasteiger partial charge on any atom is -0.387 e. The Morgan fingerprint density at radius 3 is 2.70 bits per heavy atom. The molecule has 0 aromatic heterocycles. The SMILES string of the molecule is CSCC(C)(O)CNC(=O)NCCc1ccccc1C. The van der Waals surface area contributed by atoms with E-state index < -0.39 is 5.60 Å². The van der Waals surface area contributed by atoms with Gasteiger partial charge in [-0.2, -0.15) is 11.8 Å². The van der Waals surface area contributed by atoms with Gasteiger partial charge in [0.05, 0.1) is 5.60 Å². The van der Waals surface area contributed by atoms with Crippen molar-refractivity contribution in [2.75, 3.05) is 25.1 Å². The summed E-state index contributed by atoms with van der Waals surface area (Å²) >= 11 is 1.56. The second kappa shape index (κ2) is 8.17. The van der Waals surface area contributed by atoms with Crippen LogP contribution in [-0.4, -0.2) is 41.8 Å². The van der Waals surface area contributed by atoms with Crippen molar-refractivity contribution in [2.24, 2.45) is 0 Å². The fourth-order valence-electron chi connectivity index (χ4n) is 1.90. The summed E-state index contributed by atoms with van der Waals surface area (Å²) in [6.07, 6.45) is 2.73. The molecule has 0 spiro atoms. The van der Waals surface area contributed by atoms with Crippen LogP contribution in [-0.2, 0) is 6.42 Å². The molecule has 0 aliphatic rings. The smallest absolute Gasteiger partial charge is 0.314 e. The van der Waals surface area contributed by atoms with Crippen molar-refractivity contribution in [3.05, 3.63) is 35.4 Å². The Balaban J connectivity index is 2.26.